The second-order valence-electron chi connectivity index (χ2n) is 4.51. The van der Waals surface area contributed by atoms with Gasteiger partial charge in [-0.25, -0.2) is 4.79 Å². The summed E-state index contributed by atoms with van der Waals surface area (Å²) in [5.74, 6) is -2.34. The number of ketones is 1. The summed E-state index contributed by atoms with van der Waals surface area (Å²) < 4.78 is 0. The third kappa shape index (κ3) is 3.01. The number of Topliss-reactive ketones (excluding diaryl/α,β-unsaturated/α-hetero) is 1. The summed E-state index contributed by atoms with van der Waals surface area (Å²) in [4.78, 5) is 37.0. The predicted octanol–water partition coefficient (Wildman–Crippen LogP) is 1.79. The van der Waals surface area contributed by atoms with Crippen LogP contribution in [-0.4, -0.2) is 40.3 Å². The van der Waals surface area contributed by atoms with Crippen LogP contribution in [-0.2, 0) is 9.59 Å². The predicted molar refractivity (Wildman–Crippen MR) is 70.3 cm³/mol. The number of aliphatic carboxylic acids is 1. The number of likely N-dealkylation sites (tertiary alicyclic amines) is 1. The number of carbonyl (C=O) groups excluding carboxylic acids is 2. The van der Waals surface area contributed by atoms with Crippen molar-refractivity contribution < 1.29 is 19.5 Å². The molecule has 1 saturated heterocycles. The molecule has 1 fully saturated rings. The van der Waals surface area contributed by atoms with Crippen LogP contribution in [0.2, 0.25) is 0 Å². The molecule has 0 saturated carbocycles. The van der Waals surface area contributed by atoms with Gasteiger partial charge in [0.25, 0.3) is 11.7 Å². The van der Waals surface area contributed by atoms with Gasteiger partial charge in [-0.3, -0.25) is 9.59 Å². The van der Waals surface area contributed by atoms with Crippen LogP contribution >= 0.6 is 11.3 Å². The quantitative estimate of drug-likeness (QED) is 0.677. The number of hydrogen-bond acceptors (Lipinski definition) is 4. The summed E-state index contributed by atoms with van der Waals surface area (Å²) in [5.41, 5.74) is 0. The molecule has 1 aromatic heterocycles. The fourth-order valence-electron chi connectivity index (χ4n) is 2.25. The molecule has 1 amide bonds. The van der Waals surface area contributed by atoms with Gasteiger partial charge in [0, 0.05) is 6.54 Å². The van der Waals surface area contributed by atoms with E-state index in [-0.39, 0.29) is 0 Å². The van der Waals surface area contributed by atoms with Crippen LogP contribution in [0.4, 0.5) is 0 Å². The van der Waals surface area contributed by atoms with E-state index in [4.69, 9.17) is 0 Å². The topological polar surface area (TPSA) is 74.7 Å². The van der Waals surface area contributed by atoms with Gasteiger partial charge in [0.2, 0.25) is 0 Å². The molecule has 6 heteroatoms. The molecule has 19 heavy (non-hydrogen) atoms. The third-order valence-electron chi connectivity index (χ3n) is 3.24. The highest BCUT2D eigenvalue weighted by Gasteiger charge is 2.34. The summed E-state index contributed by atoms with van der Waals surface area (Å²) in [7, 11) is 0. The maximum absolute atomic E-state index is 12.2. The lowest BCUT2D eigenvalue weighted by atomic mass is 10.1. The second kappa shape index (κ2) is 5.97. The van der Waals surface area contributed by atoms with Gasteiger partial charge >= 0.3 is 5.97 Å². The first-order chi connectivity index (χ1) is 9.11. The Kier molecular flexibility index (Phi) is 4.31. The summed E-state index contributed by atoms with van der Waals surface area (Å²) in [5, 5.41) is 10.9. The summed E-state index contributed by atoms with van der Waals surface area (Å²) in [6.45, 7) is 0.340. The molecule has 1 aliphatic rings. The fourth-order valence-corrected chi connectivity index (χ4v) is 2.91. The molecule has 0 spiro atoms. The SMILES string of the molecule is O=C(C(=O)N1CCCCCC1C(=O)O)c1cccs1. The van der Waals surface area contributed by atoms with Gasteiger partial charge in [-0.2, -0.15) is 0 Å². The van der Waals surface area contributed by atoms with Crippen molar-refractivity contribution >= 4 is 29.0 Å². The summed E-state index contributed by atoms with van der Waals surface area (Å²) in [6.07, 6.45) is 2.82. The average Bonchev–Trinajstić information content (AvgIpc) is 2.80. The van der Waals surface area contributed by atoms with E-state index in [0.717, 1.165) is 19.3 Å². The average molecular weight is 281 g/mol. The van der Waals surface area contributed by atoms with E-state index < -0.39 is 23.7 Å². The number of carboxylic acid groups (broad SMARTS) is 1. The molecule has 102 valence electrons. The van der Waals surface area contributed by atoms with Crippen LogP contribution in [0.25, 0.3) is 0 Å². The van der Waals surface area contributed by atoms with E-state index in [1.165, 1.54) is 16.2 Å². The van der Waals surface area contributed by atoms with Crippen LogP contribution in [0.1, 0.15) is 35.4 Å². The summed E-state index contributed by atoms with van der Waals surface area (Å²) in [6, 6.07) is 2.40. The lowest BCUT2D eigenvalue weighted by molar-refractivity contribution is -0.148. The van der Waals surface area contributed by atoms with Crippen molar-refractivity contribution in [3.05, 3.63) is 22.4 Å². The van der Waals surface area contributed by atoms with E-state index in [1.807, 2.05) is 0 Å². The Morgan fingerprint density at radius 2 is 2.05 bits per heavy atom. The Morgan fingerprint density at radius 1 is 1.26 bits per heavy atom. The van der Waals surface area contributed by atoms with E-state index in [2.05, 4.69) is 0 Å². The molecule has 0 aromatic carbocycles. The molecule has 2 heterocycles. The minimum atomic E-state index is -1.03. The van der Waals surface area contributed by atoms with Gasteiger partial charge in [-0.05, 0) is 24.3 Å². The molecule has 0 aliphatic carbocycles. The first-order valence-corrected chi connectivity index (χ1v) is 7.11. The van der Waals surface area contributed by atoms with E-state index in [0.29, 0.717) is 17.8 Å². The molecule has 1 N–H and O–H groups in total. The van der Waals surface area contributed by atoms with Crippen molar-refractivity contribution in [2.24, 2.45) is 0 Å². The molecular weight excluding hydrogens is 266 g/mol. The van der Waals surface area contributed by atoms with Gasteiger partial charge in [-0.15, -0.1) is 11.3 Å². The molecule has 1 atom stereocenters. The lowest BCUT2D eigenvalue weighted by Crippen LogP contribution is -2.47. The van der Waals surface area contributed by atoms with Gasteiger partial charge in [-0.1, -0.05) is 18.9 Å². The molecule has 1 aromatic rings. The first-order valence-electron chi connectivity index (χ1n) is 6.23. The number of carbonyl (C=O) groups is 3. The van der Waals surface area contributed by atoms with Crippen LogP contribution in [0.15, 0.2) is 17.5 Å². The number of carboxylic acids is 1. The summed E-state index contributed by atoms with van der Waals surface area (Å²) >= 11 is 1.19. The number of hydrogen-bond donors (Lipinski definition) is 1. The normalized spacial score (nSPS) is 19.8. The van der Waals surface area contributed by atoms with Gasteiger partial charge < -0.3 is 10.0 Å². The Bertz CT molecular complexity index is 483. The number of nitrogens with zero attached hydrogens (tertiary/aromatic N) is 1. The second-order valence-corrected chi connectivity index (χ2v) is 5.46. The highest BCUT2D eigenvalue weighted by molar-refractivity contribution is 7.13. The fraction of sp³-hybridized carbons (Fsp3) is 0.462. The molecule has 1 aliphatic heterocycles. The molecule has 2 rings (SSSR count). The zero-order valence-corrected chi connectivity index (χ0v) is 11.2. The van der Waals surface area contributed by atoms with Gasteiger partial charge in [0.15, 0.2) is 0 Å². The van der Waals surface area contributed by atoms with Crippen molar-refractivity contribution in [1.82, 2.24) is 4.90 Å². The van der Waals surface area contributed by atoms with Crippen LogP contribution < -0.4 is 0 Å². The third-order valence-corrected chi connectivity index (χ3v) is 4.11. The largest absolute Gasteiger partial charge is 0.480 e. The molecule has 0 bridgehead atoms. The minimum absolute atomic E-state index is 0.340. The molecule has 1 unspecified atom stereocenters. The Labute approximate surface area is 114 Å². The Hall–Kier alpha value is -1.69. The van der Waals surface area contributed by atoms with E-state index in [1.54, 1.807) is 17.5 Å². The zero-order valence-electron chi connectivity index (χ0n) is 10.4. The van der Waals surface area contributed by atoms with Gasteiger partial charge in [0.05, 0.1) is 4.88 Å². The molecular formula is C13H15NO4S. The Morgan fingerprint density at radius 3 is 2.68 bits per heavy atom. The first kappa shape index (κ1) is 13.7. The Balaban J connectivity index is 2.19. The van der Waals surface area contributed by atoms with Crippen molar-refractivity contribution in [2.75, 3.05) is 6.54 Å². The van der Waals surface area contributed by atoms with Crippen molar-refractivity contribution in [3.63, 3.8) is 0 Å². The van der Waals surface area contributed by atoms with Crippen LogP contribution in [0, 0.1) is 0 Å². The smallest absolute Gasteiger partial charge is 0.326 e. The van der Waals surface area contributed by atoms with Crippen molar-refractivity contribution in [2.45, 2.75) is 31.7 Å². The number of amides is 1. The standard InChI is InChI=1S/C13H15NO4S/c15-11(10-6-4-8-19-10)12(16)14-7-3-1-2-5-9(14)13(17)18/h4,6,8-9H,1-3,5,7H2,(H,17,18). The highest BCUT2D eigenvalue weighted by atomic mass is 32.1. The number of rotatable bonds is 3. The van der Waals surface area contributed by atoms with Crippen molar-refractivity contribution in [3.8, 4) is 0 Å². The van der Waals surface area contributed by atoms with Crippen LogP contribution in [0.5, 0.6) is 0 Å². The van der Waals surface area contributed by atoms with Crippen LogP contribution in [0.3, 0.4) is 0 Å². The maximum Gasteiger partial charge on any atom is 0.326 e. The maximum atomic E-state index is 12.2. The minimum Gasteiger partial charge on any atom is -0.480 e. The van der Waals surface area contributed by atoms with E-state index in [9.17, 15) is 19.5 Å². The monoisotopic (exact) mass is 281 g/mol. The molecule has 0 radical (unpaired) electrons. The lowest BCUT2D eigenvalue weighted by Gasteiger charge is -2.25. The number of thiophene rings is 1. The highest BCUT2D eigenvalue weighted by Crippen LogP contribution is 2.19. The van der Waals surface area contributed by atoms with E-state index >= 15 is 0 Å². The van der Waals surface area contributed by atoms with Gasteiger partial charge in [0.1, 0.15) is 6.04 Å². The zero-order chi connectivity index (χ0) is 13.8. The van der Waals surface area contributed by atoms with Crippen molar-refractivity contribution in [1.29, 1.82) is 0 Å². The molecule has 5 nitrogen and oxygen atoms in total.